The Hall–Kier alpha value is -2.48. The number of fused-ring (bicyclic) bond motifs is 1. The third-order valence-electron chi connectivity index (χ3n) is 4.60. The van der Waals surface area contributed by atoms with E-state index in [0.29, 0.717) is 61.4 Å². The number of nitrogens with zero attached hydrogens (tertiary/aromatic N) is 4. The summed E-state index contributed by atoms with van der Waals surface area (Å²) in [6.45, 7) is 4.74. The third-order valence-corrected chi connectivity index (χ3v) is 4.60. The number of rotatable bonds is 5. The first kappa shape index (κ1) is 20.8. The molecule has 148 valence electrons. The molecule has 1 saturated heterocycles. The predicted molar refractivity (Wildman–Crippen MR) is 108 cm³/mol. The van der Waals surface area contributed by atoms with E-state index >= 15 is 0 Å². The van der Waals surface area contributed by atoms with Gasteiger partial charge in [-0.25, -0.2) is 4.98 Å². The topological polar surface area (TPSA) is 93.8 Å². The summed E-state index contributed by atoms with van der Waals surface area (Å²) in [5.41, 5.74) is 6.86. The summed E-state index contributed by atoms with van der Waals surface area (Å²) >= 11 is 0. The van der Waals surface area contributed by atoms with E-state index in [0.717, 1.165) is 11.8 Å². The van der Waals surface area contributed by atoms with Gasteiger partial charge >= 0.3 is 0 Å². The van der Waals surface area contributed by atoms with E-state index < -0.39 is 0 Å². The summed E-state index contributed by atoms with van der Waals surface area (Å²) in [6, 6.07) is 3.59. The molecule has 0 radical (unpaired) electrons. The average Bonchev–Trinajstić information content (AvgIpc) is 2.67. The van der Waals surface area contributed by atoms with Crippen LogP contribution in [-0.2, 0) is 4.79 Å². The summed E-state index contributed by atoms with van der Waals surface area (Å²) in [4.78, 5) is 25.1. The quantitative estimate of drug-likeness (QED) is 0.828. The van der Waals surface area contributed by atoms with Crippen molar-refractivity contribution in [2.45, 2.75) is 19.8 Å². The number of amides is 1. The second kappa shape index (κ2) is 8.94. The Balaban J connectivity index is 0.00000261. The number of ether oxygens (including phenoxy) is 2. The molecule has 9 heteroatoms. The van der Waals surface area contributed by atoms with Gasteiger partial charge in [0.15, 0.2) is 11.5 Å². The second-order valence-electron chi connectivity index (χ2n) is 6.25. The molecule has 2 N–H and O–H groups in total. The zero-order chi connectivity index (χ0) is 18.7. The number of halogens is 1. The summed E-state index contributed by atoms with van der Waals surface area (Å²) in [6.07, 6.45) is 1.47. The van der Waals surface area contributed by atoms with Gasteiger partial charge in [0.1, 0.15) is 5.82 Å². The monoisotopic (exact) mass is 395 g/mol. The molecule has 0 atom stereocenters. The first-order valence-corrected chi connectivity index (χ1v) is 8.79. The number of anilines is 2. The normalized spacial score (nSPS) is 14.0. The molecule has 1 aliphatic rings. The molecule has 1 fully saturated rings. The molecule has 1 aliphatic heterocycles. The Labute approximate surface area is 165 Å². The fraction of sp³-hybridized carbons (Fsp3) is 0.500. The summed E-state index contributed by atoms with van der Waals surface area (Å²) in [5, 5.41) is 0.725. The summed E-state index contributed by atoms with van der Waals surface area (Å²) < 4.78 is 10.7. The van der Waals surface area contributed by atoms with Gasteiger partial charge in [0, 0.05) is 44.1 Å². The molecule has 0 aliphatic carbocycles. The van der Waals surface area contributed by atoms with E-state index in [1.165, 1.54) is 0 Å². The van der Waals surface area contributed by atoms with Gasteiger partial charge in [-0.15, -0.1) is 12.4 Å². The molecule has 8 nitrogen and oxygen atoms in total. The molecule has 2 aromatic rings. The van der Waals surface area contributed by atoms with Crippen LogP contribution in [0.1, 0.15) is 19.8 Å². The molecule has 0 spiro atoms. The van der Waals surface area contributed by atoms with Crippen LogP contribution in [0.15, 0.2) is 12.1 Å². The lowest BCUT2D eigenvalue weighted by molar-refractivity contribution is -0.131. The van der Waals surface area contributed by atoms with Crippen molar-refractivity contribution in [2.24, 2.45) is 0 Å². The van der Waals surface area contributed by atoms with Gasteiger partial charge in [0.05, 0.1) is 19.7 Å². The minimum absolute atomic E-state index is 0. The predicted octanol–water partition coefficient (Wildman–Crippen LogP) is 2.10. The van der Waals surface area contributed by atoms with Crippen molar-refractivity contribution in [3.8, 4) is 11.5 Å². The van der Waals surface area contributed by atoms with E-state index in [2.05, 4.69) is 14.9 Å². The highest BCUT2D eigenvalue weighted by Gasteiger charge is 2.23. The number of methoxy groups -OCH3 is 2. The number of hydrogen-bond donors (Lipinski definition) is 1. The molecule has 0 saturated carbocycles. The molecule has 0 unspecified atom stereocenters. The number of carbonyl (C=O) groups is 1. The zero-order valence-corrected chi connectivity index (χ0v) is 16.7. The Kier molecular flexibility index (Phi) is 6.90. The van der Waals surface area contributed by atoms with Gasteiger partial charge in [0.25, 0.3) is 0 Å². The van der Waals surface area contributed by atoms with Crippen LogP contribution >= 0.6 is 12.4 Å². The van der Waals surface area contributed by atoms with Gasteiger partial charge in [-0.2, -0.15) is 4.98 Å². The maximum atomic E-state index is 12.0. The highest BCUT2D eigenvalue weighted by Crippen LogP contribution is 2.34. The summed E-state index contributed by atoms with van der Waals surface area (Å²) in [7, 11) is 3.16. The molecule has 1 aromatic heterocycles. The Morgan fingerprint density at radius 2 is 1.74 bits per heavy atom. The lowest BCUT2D eigenvalue weighted by Crippen LogP contribution is -2.49. The molecular weight excluding hydrogens is 370 g/mol. The van der Waals surface area contributed by atoms with E-state index in [9.17, 15) is 4.79 Å². The second-order valence-corrected chi connectivity index (χ2v) is 6.25. The molecule has 1 amide bonds. The van der Waals surface area contributed by atoms with Crippen LogP contribution in [-0.4, -0.2) is 61.2 Å². The maximum Gasteiger partial charge on any atom is 0.228 e. The highest BCUT2D eigenvalue weighted by molar-refractivity contribution is 5.91. The third kappa shape index (κ3) is 4.27. The SMILES string of the molecule is CCCC(=O)N1CCN(c2nc(N)c3cc(OC)c(OC)cc3n2)CC1.Cl. The highest BCUT2D eigenvalue weighted by atomic mass is 35.5. The number of carbonyl (C=O) groups excluding carboxylic acids is 1. The maximum absolute atomic E-state index is 12.0. The lowest BCUT2D eigenvalue weighted by atomic mass is 10.2. The lowest BCUT2D eigenvalue weighted by Gasteiger charge is -2.35. The van der Waals surface area contributed by atoms with Crippen molar-refractivity contribution in [1.29, 1.82) is 0 Å². The van der Waals surface area contributed by atoms with Crippen LogP contribution in [0, 0.1) is 0 Å². The van der Waals surface area contributed by atoms with Crippen LogP contribution in [0.5, 0.6) is 11.5 Å². The number of nitrogen functional groups attached to an aromatic ring is 1. The van der Waals surface area contributed by atoms with E-state index in [1.807, 2.05) is 11.8 Å². The van der Waals surface area contributed by atoms with Crippen molar-refractivity contribution in [1.82, 2.24) is 14.9 Å². The van der Waals surface area contributed by atoms with Gasteiger partial charge in [-0.3, -0.25) is 4.79 Å². The standard InChI is InChI=1S/C18H25N5O3.ClH/c1-4-5-16(24)22-6-8-23(9-7-22)18-20-13-11-15(26-3)14(25-2)10-12(13)17(19)21-18;/h10-11H,4-9H2,1-3H3,(H2,19,20,21);1H. The van der Waals surface area contributed by atoms with Crippen LogP contribution < -0.4 is 20.1 Å². The number of nitrogens with two attached hydrogens (primary N) is 1. The minimum Gasteiger partial charge on any atom is -0.493 e. The average molecular weight is 396 g/mol. The molecule has 3 rings (SSSR count). The van der Waals surface area contributed by atoms with Crippen molar-refractivity contribution in [3.63, 3.8) is 0 Å². The zero-order valence-electron chi connectivity index (χ0n) is 15.9. The number of benzene rings is 1. The molecule has 2 heterocycles. The molecule has 1 aromatic carbocycles. The van der Waals surface area contributed by atoms with Crippen LogP contribution in [0.25, 0.3) is 10.9 Å². The van der Waals surface area contributed by atoms with Gasteiger partial charge in [-0.05, 0) is 12.5 Å². The molecule has 0 bridgehead atoms. The van der Waals surface area contributed by atoms with Crippen molar-refractivity contribution in [3.05, 3.63) is 12.1 Å². The number of aromatic nitrogens is 2. The van der Waals surface area contributed by atoms with Crippen molar-refractivity contribution < 1.29 is 14.3 Å². The Morgan fingerprint density at radius 3 is 2.33 bits per heavy atom. The van der Waals surface area contributed by atoms with E-state index in [-0.39, 0.29) is 18.3 Å². The fourth-order valence-electron chi connectivity index (χ4n) is 3.14. The molecule has 27 heavy (non-hydrogen) atoms. The number of piperazine rings is 1. The largest absolute Gasteiger partial charge is 0.493 e. The van der Waals surface area contributed by atoms with Gasteiger partial charge in [0.2, 0.25) is 11.9 Å². The van der Waals surface area contributed by atoms with Gasteiger partial charge < -0.3 is 25.0 Å². The van der Waals surface area contributed by atoms with Crippen molar-refractivity contribution in [2.75, 3.05) is 51.0 Å². The van der Waals surface area contributed by atoms with E-state index in [1.54, 1.807) is 26.4 Å². The van der Waals surface area contributed by atoms with E-state index in [4.69, 9.17) is 15.2 Å². The van der Waals surface area contributed by atoms with Gasteiger partial charge in [-0.1, -0.05) is 6.92 Å². The Bertz CT molecular complexity index is 809. The first-order valence-electron chi connectivity index (χ1n) is 8.79. The number of hydrogen-bond acceptors (Lipinski definition) is 7. The van der Waals surface area contributed by atoms with Crippen LogP contribution in [0.4, 0.5) is 11.8 Å². The Morgan fingerprint density at radius 1 is 1.11 bits per heavy atom. The smallest absolute Gasteiger partial charge is 0.228 e. The minimum atomic E-state index is 0. The summed E-state index contributed by atoms with van der Waals surface area (Å²) in [5.74, 6) is 2.37. The fourth-order valence-corrected chi connectivity index (χ4v) is 3.14. The van der Waals surface area contributed by atoms with Crippen LogP contribution in [0.3, 0.4) is 0 Å². The van der Waals surface area contributed by atoms with Crippen LogP contribution in [0.2, 0.25) is 0 Å². The first-order chi connectivity index (χ1) is 12.6. The van der Waals surface area contributed by atoms with Crippen molar-refractivity contribution >= 4 is 41.0 Å². The molecular formula is C18H26ClN5O3.